The maximum atomic E-state index is 11.0. The highest BCUT2D eigenvalue weighted by Crippen LogP contribution is 2.23. The molecule has 0 amide bonds. The third-order valence-electron chi connectivity index (χ3n) is 3.11. The number of rotatable bonds is 2. The zero-order valence-electron chi connectivity index (χ0n) is 10.3. The van der Waals surface area contributed by atoms with Crippen molar-refractivity contribution in [1.29, 1.82) is 0 Å². The Morgan fingerprint density at radius 2 is 1.89 bits per heavy atom. The van der Waals surface area contributed by atoms with Crippen molar-refractivity contribution in [3.63, 3.8) is 0 Å². The maximum Gasteiger partial charge on any atom is 0.356 e. The zero-order valence-corrected chi connectivity index (χ0v) is 10.3. The Bertz CT molecular complexity index is 775. The molecule has 0 bridgehead atoms. The van der Waals surface area contributed by atoms with E-state index < -0.39 is 5.97 Å². The number of aromatic amines is 1. The first-order chi connectivity index (χ1) is 9.15. The smallest absolute Gasteiger partial charge is 0.356 e. The lowest BCUT2D eigenvalue weighted by molar-refractivity contribution is 0.0690. The Balaban J connectivity index is 2.13. The molecule has 4 heteroatoms. The number of aromatic carboxylic acids is 1. The van der Waals surface area contributed by atoms with Gasteiger partial charge in [-0.2, -0.15) is 0 Å². The monoisotopic (exact) mass is 252 g/mol. The molecule has 3 aromatic rings. The Hall–Kier alpha value is -2.62. The molecule has 19 heavy (non-hydrogen) atoms. The van der Waals surface area contributed by atoms with E-state index in [4.69, 9.17) is 5.11 Å². The van der Waals surface area contributed by atoms with Gasteiger partial charge < -0.3 is 10.1 Å². The van der Waals surface area contributed by atoms with E-state index in [1.807, 2.05) is 42.5 Å². The van der Waals surface area contributed by atoms with Crippen LogP contribution in [0.1, 0.15) is 16.2 Å². The number of aryl methyl sites for hydroxylation is 1. The first kappa shape index (κ1) is 11.5. The Morgan fingerprint density at radius 1 is 1.16 bits per heavy atom. The minimum Gasteiger partial charge on any atom is -0.476 e. The predicted molar refractivity (Wildman–Crippen MR) is 73.2 cm³/mol. The Kier molecular flexibility index (Phi) is 2.56. The van der Waals surface area contributed by atoms with Crippen molar-refractivity contribution < 1.29 is 9.90 Å². The van der Waals surface area contributed by atoms with Gasteiger partial charge >= 0.3 is 5.97 Å². The van der Waals surface area contributed by atoms with Crippen LogP contribution in [-0.2, 0) is 0 Å². The van der Waals surface area contributed by atoms with Crippen molar-refractivity contribution in [2.75, 3.05) is 0 Å². The van der Waals surface area contributed by atoms with Gasteiger partial charge in [-0.3, -0.25) is 0 Å². The quantitative estimate of drug-likeness (QED) is 0.735. The minimum atomic E-state index is -1.01. The van der Waals surface area contributed by atoms with Gasteiger partial charge in [-0.25, -0.2) is 9.78 Å². The fraction of sp³-hybridized carbons (Fsp3) is 0.0667. The molecule has 0 fully saturated rings. The summed E-state index contributed by atoms with van der Waals surface area (Å²) in [6, 6.07) is 14.0. The summed E-state index contributed by atoms with van der Waals surface area (Å²) in [5.41, 5.74) is 1.52. The fourth-order valence-corrected chi connectivity index (χ4v) is 2.14. The second-order valence-electron chi connectivity index (χ2n) is 4.43. The van der Waals surface area contributed by atoms with Gasteiger partial charge in [0.15, 0.2) is 5.69 Å². The molecule has 1 aromatic heterocycles. The standard InChI is InChI=1S/C15H12N2O2/c1-9-13(15(18)19)17-14(16-9)12-7-6-10-4-2-3-5-11(10)8-12/h2-8H,1H3,(H,16,17)(H,18,19). The van der Waals surface area contributed by atoms with Crippen molar-refractivity contribution in [3.05, 3.63) is 53.9 Å². The lowest BCUT2D eigenvalue weighted by Gasteiger charge is -2.00. The molecule has 0 aliphatic heterocycles. The molecule has 0 spiro atoms. The van der Waals surface area contributed by atoms with Crippen LogP contribution in [0.2, 0.25) is 0 Å². The summed E-state index contributed by atoms with van der Waals surface area (Å²) in [5, 5.41) is 11.3. The Morgan fingerprint density at radius 3 is 2.58 bits per heavy atom. The third kappa shape index (κ3) is 1.97. The van der Waals surface area contributed by atoms with Gasteiger partial charge in [0.05, 0.1) is 0 Å². The van der Waals surface area contributed by atoms with Crippen molar-refractivity contribution >= 4 is 16.7 Å². The number of fused-ring (bicyclic) bond motifs is 1. The van der Waals surface area contributed by atoms with Crippen LogP contribution in [-0.4, -0.2) is 21.0 Å². The summed E-state index contributed by atoms with van der Waals surface area (Å²) in [4.78, 5) is 18.1. The number of benzene rings is 2. The topological polar surface area (TPSA) is 66.0 Å². The first-order valence-corrected chi connectivity index (χ1v) is 5.94. The van der Waals surface area contributed by atoms with Gasteiger partial charge in [0.2, 0.25) is 0 Å². The predicted octanol–water partition coefficient (Wildman–Crippen LogP) is 3.24. The highest BCUT2D eigenvalue weighted by molar-refractivity contribution is 5.89. The molecule has 0 radical (unpaired) electrons. The van der Waals surface area contributed by atoms with E-state index in [9.17, 15) is 4.79 Å². The van der Waals surface area contributed by atoms with Gasteiger partial charge in [-0.05, 0) is 23.8 Å². The summed E-state index contributed by atoms with van der Waals surface area (Å²) in [5.74, 6) is -0.429. The number of nitrogens with one attached hydrogen (secondary N) is 1. The normalized spacial score (nSPS) is 10.8. The van der Waals surface area contributed by atoms with E-state index in [0.29, 0.717) is 11.5 Å². The van der Waals surface area contributed by atoms with E-state index in [0.717, 1.165) is 16.3 Å². The summed E-state index contributed by atoms with van der Waals surface area (Å²) in [6.45, 7) is 1.71. The molecule has 1 heterocycles. The highest BCUT2D eigenvalue weighted by atomic mass is 16.4. The summed E-state index contributed by atoms with van der Waals surface area (Å²) in [7, 11) is 0. The summed E-state index contributed by atoms with van der Waals surface area (Å²) in [6.07, 6.45) is 0. The Labute approximate surface area is 109 Å². The average molecular weight is 252 g/mol. The molecule has 2 aromatic carbocycles. The number of aromatic nitrogens is 2. The van der Waals surface area contributed by atoms with Gasteiger partial charge in [0, 0.05) is 11.3 Å². The van der Waals surface area contributed by atoms with Gasteiger partial charge in [0.25, 0.3) is 0 Å². The van der Waals surface area contributed by atoms with Crippen LogP contribution < -0.4 is 0 Å². The molecular formula is C15H12N2O2. The van der Waals surface area contributed by atoms with E-state index in [1.165, 1.54) is 0 Å². The lowest BCUT2D eigenvalue weighted by atomic mass is 10.1. The fourth-order valence-electron chi connectivity index (χ4n) is 2.14. The van der Waals surface area contributed by atoms with Crippen LogP contribution in [0, 0.1) is 6.92 Å². The average Bonchev–Trinajstić information content (AvgIpc) is 2.80. The lowest BCUT2D eigenvalue weighted by Crippen LogP contribution is -1.98. The largest absolute Gasteiger partial charge is 0.476 e. The summed E-state index contributed by atoms with van der Waals surface area (Å²) >= 11 is 0. The molecule has 0 aliphatic carbocycles. The second kappa shape index (κ2) is 4.24. The molecule has 3 rings (SSSR count). The molecule has 4 nitrogen and oxygen atoms in total. The summed E-state index contributed by atoms with van der Waals surface area (Å²) < 4.78 is 0. The molecule has 0 atom stereocenters. The third-order valence-corrected chi connectivity index (χ3v) is 3.11. The van der Waals surface area contributed by atoms with E-state index in [1.54, 1.807) is 6.92 Å². The number of imidazole rings is 1. The van der Waals surface area contributed by atoms with Crippen molar-refractivity contribution in [3.8, 4) is 11.4 Å². The SMILES string of the molecule is Cc1[nH]c(-c2ccc3ccccc3c2)nc1C(=O)O. The van der Waals surface area contributed by atoms with E-state index >= 15 is 0 Å². The van der Waals surface area contributed by atoms with Crippen LogP contribution >= 0.6 is 0 Å². The van der Waals surface area contributed by atoms with Gasteiger partial charge in [-0.1, -0.05) is 36.4 Å². The number of hydrogen-bond acceptors (Lipinski definition) is 2. The van der Waals surface area contributed by atoms with Crippen LogP contribution in [0.3, 0.4) is 0 Å². The zero-order chi connectivity index (χ0) is 13.4. The van der Waals surface area contributed by atoms with Crippen molar-refractivity contribution in [1.82, 2.24) is 9.97 Å². The molecule has 0 aliphatic rings. The van der Waals surface area contributed by atoms with E-state index in [2.05, 4.69) is 9.97 Å². The number of nitrogens with zero attached hydrogens (tertiary/aromatic N) is 1. The van der Waals surface area contributed by atoms with Crippen molar-refractivity contribution in [2.45, 2.75) is 6.92 Å². The number of H-pyrrole nitrogens is 1. The molecule has 0 saturated heterocycles. The van der Waals surface area contributed by atoms with Crippen LogP contribution in [0.25, 0.3) is 22.2 Å². The first-order valence-electron chi connectivity index (χ1n) is 5.94. The molecular weight excluding hydrogens is 240 g/mol. The number of carboxylic acid groups (broad SMARTS) is 1. The molecule has 94 valence electrons. The van der Waals surface area contributed by atoms with E-state index in [-0.39, 0.29) is 5.69 Å². The van der Waals surface area contributed by atoms with Gasteiger partial charge in [0.1, 0.15) is 5.82 Å². The minimum absolute atomic E-state index is 0.0724. The number of hydrogen-bond donors (Lipinski definition) is 2. The molecule has 2 N–H and O–H groups in total. The number of carboxylic acids is 1. The number of carbonyl (C=O) groups is 1. The molecule has 0 saturated carbocycles. The van der Waals surface area contributed by atoms with Gasteiger partial charge in [-0.15, -0.1) is 0 Å². The van der Waals surface area contributed by atoms with Crippen LogP contribution in [0.15, 0.2) is 42.5 Å². The van der Waals surface area contributed by atoms with Crippen molar-refractivity contribution in [2.24, 2.45) is 0 Å². The maximum absolute atomic E-state index is 11.0. The van der Waals surface area contributed by atoms with Crippen LogP contribution in [0.5, 0.6) is 0 Å². The highest BCUT2D eigenvalue weighted by Gasteiger charge is 2.14. The molecule has 0 unspecified atom stereocenters. The van der Waals surface area contributed by atoms with Crippen LogP contribution in [0.4, 0.5) is 0 Å². The second-order valence-corrected chi connectivity index (χ2v) is 4.43.